The molecule has 0 amide bonds. The Morgan fingerprint density at radius 3 is 2.67 bits per heavy atom. The van der Waals surface area contributed by atoms with Gasteiger partial charge in [-0.3, -0.25) is 4.79 Å². The van der Waals surface area contributed by atoms with Gasteiger partial charge in [0, 0.05) is 11.1 Å². The molecule has 0 saturated heterocycles. The highest BCUT2D eigenvalue weighted by Crippen LogP contribution is 2.38. The summed E-state index contributed by atoms with van der Waals surface area (Å²) in [5, 5.41) is 10.7. The predicted octanol–water partition coefficient (Wildman–Crippen LogP) is 3.94. The number of hydrogen-bond acceptors (Lipinski definition) is 2. The fourth-order valence-electron chi connectivity index (χ4n) is 1.77. The van der Waals surface area contributed by atoms with E-state index < -0.39 is 17.7 Å². The standard InChI is InChI=1S/C12H9F3O2S/c13-12(14,15)9-3-1-2-8-7(4-5-10(16)17)6-18-11(8)9/h1-3,6H,4-5H2,(H,16,17). The van der Waals surface area contributed by atoms with Crippen LogP contribution in [0.2, 0.25) is 0 Å². The summed E-state index contributed by atoms with van der Waals surface area (Å²) in [5.41, 5.74) is -0.00456. The van der Waals surface area contributed by atoms with E-state index in [1.54, 1.807) is 11.4 Å². The van der Waals surface area contributed by atoms with Crippen LogP contribution >= 0.6 is 11.3 Å². The Bertz CT molecular complexity index is 587. The van der Waals surface area contributed by atoms with E-state index in [9.17, 15) is 18.0 Å². The molecule has 2 nitrogen and oxygen atoms in total. The summed E-state index contributed by atoms with van der Waals surface area (Å²) in [6, 6.07) is 3.99. The van der Waals surface area contributed by atoms with Crippen molar-refractivity contribution >= 4 is 27.4 Å². The van der Waals surface area contributed by atoms with E-state index in [1.165, 1.54) is 6.07 Å². The predicted molar refractivity (Wildman–Crippen MR) is 62.8 cm³/mol. The second-order valence-corrected chi connectivity index (χ2v) is 4.71. The molecule has 18 heavy (non-hydrogen) atoms. The number of rotatable bonds is 3. The summed E-state index contributed by atoms with van der Waals surface area (Å²) in [5.74, 6) is -0.957. The third-order valence-corrected chi connectivity index (χ3v) is 3.67. The van der Waals surface area contributed by atoms with Gasteiger partial charge in [0.1, 0.15) is 0 Å². The Morgan fingerprint density at radius 1 is 1.33 bits per heavy atom. The Balaban J connectivity index is 2.45. The molecule has 0 radical (unpaired) electrons. The van der Waals surface area contributed by atoms with Gasteiger partial charge in [-0.1, -0.05) is 12.1 Å². The molecule has 0 spiro atoms. The summed E-state index contributed by atoms with van der Waals surface area (Å²) in [7, 11) is 0. The molecule has 6 heteroatoms. The van der Waals surface area contributed by atoms with E-state index in [2.05, 4.69) is 0 Å². The summed E-state index contributed by atoms with van der Waals surface area (Å²) >= 11 is 1.01. The Hall–Kier alpha value is -1.56. The summed E-state index contributed by atoms with van der Waals surface area (Å²) in [6.45, 7) is 0. The van der Waals surface area contributed by atoms with Crippen LogP contribution in [0.1, 0.15) is 17.5 Å². The fourth-order valence-corrected chi connectivity index (χ4v) is 2.91. The van der Waals surface area contributed by atoms with Gasteiger partial charge in [-0.15, -0.1) is 11.3 Å². The first-order chi connectivity index (χ1) is 8.39. The van der Waals surface area contributed by atoms with Crippen LogP contribution < -0.4 is 0 Å². The zero-order chi connectivity index (χ0) is 13.3. The van der Waals surface area contributed by atoms with Crippen LogP contribution in [0, 0.1) is 0 Å². The van der Waals surface area contributed by atoms with Crippen molar-refractivity contribution in [2.45, 2.75) is 19.0 Å². The van der Waals surface area contributed by atoms with Crippen molar-refractivity contribution in [3.8, 4) is 0 Å². The van der Waals surface area contributed by atoms with Gasteiger partial charge in [-0.05, 0) is 28.8 Å². The monoisotopic (exact) mass is 274 g/mol. The van der Waals surface area contributed by atoms with Gasteiger partial charge in [0.15, 0.2) is 0 Å². The number of aliphatic carboxylic acids is 1. The normalized spacial score (nSPS) is 11.9. The summed E-state index contributed by atoms with van der Waals surface area (Å²) in [6.07, 6.45) is -4.22. The van der Waals surface area contributed by atoms with Crippen molar-refractivity contribution in [2.24, 2.45) is 0 Å². The van der Waals surface area contributed by atoms with Crippen LogP contribution in [0.5, 0.6) is 0 Å². The first kappa shape index (κ1) is 12.9. The molecule has 0 aliphatic rings. The Kier molecular flexibility index (Phi) is 3.30. The molecular formula is C12H9F3O2S. The van der Waals surface area contributed by atoms with Crippen molar-refractivity contribution in [1.29, 1.82) is 0 Å². The molecule has 0 saturated carbocycles. The van der Waals surface area contributed by atoms with Gasteiger partial charge in [0.05, 0.1) is 5.56 Å². The average Bonchev–Trinajstić information content (AvgIpc) is 2.67. The van der Waals surface area contributed by atoms with Gasteiger partial charge in [0.2, 0.25) is 0 Å². The topological polar surface area (TPSA) is 37.3 Å². The molecule has 0 atom stereocenters. The van der Waals surface area contributed by atoms with Crippen LogP contribution in [0.15, 0.2) is 23.6 Å². The quantitative estimate of drug-likeness (QED) is 0.920. The van der Waals surface area contributed by atoms with Crippen molar-refractivity contribution < 1.29 is 23.1 Å². The van der Waals surface area contributed by atoms with Crippen LogP contribution in [0.3, 0.4) is 0 Å². The number of halogens is 3. The lowest BCUT2D eigenvalue weighted by Gasteiger charge is -2.07. The number of fused-ring (bicyclic) bond motifs is 1. The third-order valence-electron chi connectivity index (χ3n) is 2.59. The number of carbonyl (C=O) groups is 1. The van der Waals surface area contributed by atoms with Crippen molar-refractivity contribution in [3.05, 3.63) is 34.7 Å². The molecule has 1 heterocycles. The Labute approximate surface area is 105 Å². The molecule has 0 aliphatic heterocycles. The highest BCUT2D eigenvalue weighted by Gasteiger charge is 2.33. The number of carboxylic acid groups (broad SMARTS) is 1. The van der Waals surface area contributed by atoms with E-state index in [4.69, 9.17) is 5.11 Å². The van der Waals surface area contributed by atoms with Crippen molar-refractivity contribution in [1.82, 2.24) is 0 Å². The van der Waals surface area contributed by atoms with Crippen LogP contribution in [-0.2, 0) is 17.4 Å². The maximum Gasteiger partial charge on any atom is 0.417 e. The molecular weight excluding hydrogens is 265 g/mol. The molecule has 1 aromatic carbocycles. The lowest BCUT2D eigenvalue weighted by Crippen LogP contribution is -2.04. The molecule has 0 bridgehead atoms. The highest BCUT2D eigenvalue weighted by molar-refractivity contribution is 7.17. The third kappa shape index (κ3) is 2.48. The van der Waals surface area contributed by atoms with E-state index in [-0.39, 0.29) is 17.5 Å². The molecule has 0 unspecified atom stereocenters. The zero-order valence-electron chi connectivity index (χ0n) is 9.12. The van der Waals surface area contributed by atoms with Crippen LogP contribution in [-0.4, -0.2) is 11.1 Å². The number of aryl methyl sites for hydroxylation is 1. The number of carboxylic acids is 1. The minimum atomic E-state index is -4.38. The van der Waals surface area contributed by atoms with E-state index in [1.807, 2.05) is 0 Å². The molecule has 2 rings (SSSR count). The fraction of sp³-hybridized carbons (Fsp3) is 0.250. The minimum Gasteiger partial charge on any atom is -0.481 e. The smallest absolute Gasteiger partial charge is 0.417 e. The lowest BCUT2D eigenvalue weighted by molar-refractivity contribution is -0.137. The average molecular weight is 274 g/mol. The maximum atomic E-state index is 12.8. The first-order valence-electron chi connectivity index (χ1n) is 5.17. The lowest BCUT2D eigenvalue weighted by atomic mass is 10.1. The zero-order valence-corrected chi connectivity index (χ0v) is 9.94. The summed E-state index contributed by atoms with van der Waals surface area (Å²) in [4.78, 5) is 10.5. The van der Waals surface area contributed by atoms with E-state index in [0.717, 1.165) is 17.4 Å². The van der Waals surface area contributed by atoms with E-state index in [0.29, 0.717) is 10.9 Å². The van der Waals surface area contributed by atoms with Crippen LogP contribution in [0.4, 0.5) is 13.2 Å². The first-order valence-corrected chi connectivity index (χ1v) is 6.05. The number of alkyl halides is 3. The van der Waals surface area contributed by atoms with Gasteiger partial charge < -0.3 is 5.11 Å². The molecule has 1 N–H and O–H groups in total. The van der Waals surface area contributed by atoms with Gasteiger partial charge in [0.25, 0.3) is 0 Å². The molecule has 2 aromatic rings. The highest BCUT2D eigenvalue weighted by atomic mass is 32.1. The molecule has 0 fully saturated rings. The maximum absolute atomic E-state index is 12.8. The van der Waals surface area contributed by atoms with E-state index >= 15 is 0 Å². The minimum absolute atomic E-state index is 0.0813. The second kappa shape index (κ2) is 4.61. The molecule has 1 aromatic heterocycles. The molecule has 0 aliphatic carbocycles. The summed E-state index contributed by atoms with van der Waals surface area (Å²) < 4.78 is 38.4. The van der Waals surface area contributed by atoms with Crippen LogP contribution in [0.25, 0.3) is 10.1 Å². The molecule has 96 valence electrons. The van der Waals surface area contributed by atoms with Gasteiger partial charge in [-0.2, -0.15) is 13.2 Å². The SMILES string of the molecule is O=C(O)CCc1csc2c(C(F)(F)F)cccc12. The largest absolute Gasteiger partial charge is 0.481 e. The number of thiophene rings is 1. The number of hydrogen-bond donors (Lipinski definition) is 1. The van der Waals surface area contributed by atoms with Crippen molar-refractivity contribution in [3.63, 3.8) is 0 Å². The van der Waals surface area contributed by atoms with Crippen molar-refractivity contribution in [2.75, 3.05) is 0 Å². The number of benzene rings is 1. The van der Waals surface area contributed by atoms with Gasteiger partial charge >= 0.3 is 12.1 Å². The Morgan fingerprint density at radius 2 is 2.06 bits per heavy atom. The van der Waals surface area contributed by atoms with Gasteiger partial charge in [-0.25, -0.2) is 0 Å². The second-order valence-electron chi connectivity index (χ2n) is 3.83.